The van der Waals surface area contributed by atoms with Crippen LogP contribution in [-0.4, -0.2) is 45.9 Å². The molecule has 1 fully saturated rings. The molecule has 6 heteroatoms. The lowest BCUT2D eigenvalue weighted by Crippen LogP contribution is -2.44. The predicted molar refractivity (Wildman–Crippen MR) is 77.4 cm³/mol. The van der Waals surface area contributed by atoms with Crippen LogP contribution in [0.1, 0.15) is 12.8 Å². The van der Waals surface area contributed by atoms with E-state index in [2.05, 4.69) is 21.8 Å². The van der Waals surface area contributed by atoms with Gasteiger partial charge in [-0.05, 0) is 25.0 Å². The van der Waals surface area contributed by atoms with Crippen molar-refractivity contribution in [1.29, 1.82) is 0 Å². The van der Waals surface area contributed by atoms with Gasteiger partial charge in [-0.2, -0.15) is 12.7 Å². The van der Waals surface area contributed by atoms with E-state index in [9.17, 15) is 8.42 Å². The van der Waals surface area contributed by atoms with E-state index < -0.39 is 10.2 Å². The van der Waals surface area contributed by atoms with Gasteiger partial charge in [-0.25, -0.2) is 4.72 Å². The van der Waals surface area contributed by atoms with Crippen LogP contribution in [0.5, 0.6) is 0 Å². The van der Waals surface area contributed by atoms with E-state index in [-0.39, 0.29) is 6.04 Å². The largest absolute Gasteiger partial charge is 0.367 e. The highest BCUT2D eigenvalue weighted by atomic mass is 32.2. The third-order valence-electron chi connectivity index (χ3n) is 3.45. The number of nitrogens with one attached hydrogen (secondary N) is 1. The normalized spacial score (nSPS) is 20.2. The Labute approximate surface area is 115 Å². The van der Waals surface area contributed by atoms with Crippen molar-refractivity contribution in [3.8, 4) is 0 Å². The van der Waals surface area contributed by atoms with Gasteiger partial charge in [0, 0.05) is 38.9 Å². The smallest absolute Gasteiger partial charge is 0.279 e. The second-order valence-corrected chi connectivity index (χ2v) is 6.93. The predicted octanol–water partition coefficient (Wildman–Crippen LogP) is 1.05. The summed E-state index contributed by atoms with van der Waals surface area (Å²) in [5.74, 6) is 0. The Morgan fingerprint density at radius 3 is 2.63 bits per heavy atom. The molecule has 106 valence electrons. The molecule has 1 aliphatic rings. The van der Waals surface area contributed by atoms with Crippen molar-refractivity contribution in [2.45, 2.75) is 18.9 Å². The highest BCUT2D eigenvalue weighted by molar-refractivity contribution is 7.87. The number of nitrogens with zero attached hydrogens (tertiary/aromatic N) is 2. The second-order valence-electron chi connectivity index (χ2n) is 4.96. The van der Waals surface area contributed by atoms with Gasteiger partial charge in [0.25, 0.3) is 10.2 Å². The van der Waals surface area contributed by atoms with Gasteiger partial charge < -0.3 is 4.90 Å². The van der Waals surface area contributed by atoms with Crippen LogP contribution in [-0.2, 0) is 10.2 Å². The van der Waals surface area contributed by atoms with Gasteiger partial charge in [-0.3, -0.25) is 0 Å². The Hall–Kier alpha value is -1.11. The average molecular weight is 283 g/mol. The highest BCUT2D eigenvalue weighted by Gasteiger charge is 2.26. The molecule has 1 aromatic rings. The van der Waals surface area contributed by atoms with E-state index in [1.54, 1.807) is 0 Å². The molecule has 2 rings (SSSR count). The van der Waals surface area contributed by atoms with E-state index in [0.717, 1.165) is 25.1 Å². The molecule has 1 atom stereocenters. The van der Waals surface area contributed by atoms with Crippen molar-refractivity contribution in [1.82, 2.24) is 9.03 Å². The average Bonchev–Trinajstić information content (AvgIpc) is 2.85. The molecule has 0 bridgehead atoms. The summed E-state index contributed by atoms with van der Waals surface area (Å²) in [5.41, 5.74) is 1.16. The lowest BCUT2D eigenvalue weighted by molar-refractivity contribution is 0.498. The molecule has 1 N–H and O–H groups in total. The minimum absolute atomic E-state index is 0.233. The van der Waals surface area contributed by atoms with Gasteiger partial charge in [0.2, 0.25) is 0 Å². The summed E-state index contributed by atoms with van der Waals surface area (Å²) < 4.78 is 27.3. The molecule has 1 unspecified atom stereocenters. The molecule has 1 aromatic carbocycles. The summed E-state index contributed by atoms with van der Waals surface area (Å²) in [5, 5.41) is 0. The molecule has 0 saturated carbocycles. The van der Waals surface area contributed by atoms with Crippen molar-refractivity contribution in [2.24, 2.45) is 0 Å². The van der Waals surface area contributed by atoms with Gasteiger partial charge in [-0.15, -0.1) is 0 Å². The molecular formula is C13H21N3O2S. The lowest BCUT2D eigenvalue weighted by Gasteiger charge is -2.27. The molecule has 0 aliphatic carbocycles. The molecule has 1 aliphatic heterocycles. The Morgan fingerprint density at radius 2 is 2.00 bits per heavy atom. The zero-order valence-corrected chi connectivity index (χ0v) is 12.2. The fourth-order valence-corrected chi connectivity index (χ4v) is 3.00. The molecule has 0 spiro atoms. The molecule has 1 heterocycles. The Kier molecular flexibility index (Phi) is 4.44. The van der Waals surface area contributed by atoms with Crippen LogP contribution in [0, 0.1) is 0 Å². The first-order chi connectivity index (χ1) is 9.00. The summed E-state index contributed by atoms with van der Waals surface area (Å²) in [6.07, 6.45) is 2.12. The van der Waals surface area contributed by atoms with Crippen molar-refractivity contribution in [2.75, 3.05) is 32.1 Å². The molecule has 5 nitrogen and oxygen atoms in total. The summed E-state index contributed by atoms with van der Waals surface area (Å²) in [4.78, 5) is 2.28. The van der Waals surface area contributed by atoms with Crippen molar-refractivity contribution < 1.29 is 8.42 Å². The van der Waals surface area contributed by atoms with Crippen molar-refractivity contribution >= 4 is 15.9 Å². The quantitative estimate of drug-likeness (QED) is 0.879. The van der Waals surface area contributed by atoms with Crippen LogP contribution >= 0.6 is 0 Å². The van der Waals surface area contributed by atoms with E-state index >= 15 is 0 Å². The molecular weight excluding hydrogens is 262 g/mol. The molecule has 0 amide bonds. The minimum atomic E-state index is -3.33. The van der Waals surface area contributed by atoms with Crippen molar-refractivity contribution in [3.63, 3.8) is 0 Å². The number of rotatable bonds is 5. The fraction of sp³-hybridized carbons (Fsp3) is 0.538. The van der Waals surface area contributed by atoms with Crippen LogP contribution in [0.25, 0.3) is 0 Å². The molecule has 0 radical (unpaired) electrons. The zero-order valence-electron chi connectivity index (χ0n) is 11.4. The van der Waals surface area contributed by atoms with Gasteiger partial charge >= 0.3 is 0 Å². The van der Waals surface area contributed by atoms with Crippen LogP contribution < -0.4 is 9.62 Å². The van der Waals surface area contributed by atoms with Gasteiger partial charge in [-0.1, -0.05) is 18.2 Å². The van der Waals surface area contributed by atoms with Gasteiger partial charge in [0.05, 0.1) is 0 Å². The molecule has 1 saturated heterocycles. The van der Waals surface area contributed by atoms with Crippen LogP contribution in [0.4, 0.5) is 5.69 Å². The van der Waals surface area contributed by atoms with E-state index in [4.69, 9.17) is 0 Å². The van der Waals surface area contributed by atoms with E-state index in [1.165, 1.54) is 18.4 Å². The monoisotopic (exact) mass is 283 g/mol. The number of para-hydroxylation sites is 1. The SMILES string of the molecule is CN(C)S(=O)(=O)NCC1CCCN1c1ccccc1. The zero-order chi connectivity index (χ0) is 13.9. The number of hydrogen-bond acceptors (Lipinski definition) is 3. The van der Waals surface area contributed by atoms with Gasteiger partial charge in [0.15, 0.2) is 0 Å². The highest BCUT2D eigenvalue weighted by Crippen LogP contribution is 2.24. The maximum atomic E-state index is 11.7. The fourth-order valence-electron chi connectivity index (χ4n) is 2.34. The van der Waals surface area contributed by atoms with Crippen molar-refractivity contribution in [3.05, 3.63) is 30.3 Å². The first kappa shape index (κ1) is 14.3. The Morgan fingerprint density at radius 1 is 1.32 bits per heavy atom. The van der Waals surface area contributed by atoms with E-state index in [0.29, 0.717) is 6.54 Å². The lowest BCUT2D eigenvalue weighted by atomic mass is 10.2. The summed E-state index contributed by atoms with van der Waals surface area (Å²) >= 11 is 0. The van der Waals surface area contributed by atoms with E-state index in [1.807, 2.05) is 18.2 Å². The summed E-state index contributed by atoms with van der Waals surface area (Å²) in [7, 11) is -0.267. The Bertz CT molecular complexity index is 502. The third-order valence-corrected chi connectivity index (χ3v) is 4.94. The first-order valence-corrected chi connectivity index (χ1v) is 7.93. The third kappa shape index (κ3) is 3.46. The van der Waals surface area contributed by atoms with Gasteiger partial charge in [0.1, 0.15) is 0 Å². The summed E-state index contributed by atoms with van der Waals surface area (Å²) in [6.45, 7) is 1.44. The summed E-state index contributed by atoms with van der Waals surface area (Å²) in [6, 6.07) is 10.4. The number of benzene rings is 1. The second kappa shape index (κ2) is 5.90. The minimum Gasteiger partial charge on any atom is -0.367 e. The standard InChI is InChI=1S/C13H21N3O2S/c1-15(2)19(17,18)14-11-13-9-6-10-16(13)12-7-4-3-5-8-12/h3-5,7-8,13-14H,6,9-11H2,1-2H3. The molecule has 0 aromatic heterocycles. The number of anilines is 1. The maximum Gasteiger partial charge on any atom is 0.279 e. The van der Waals surface area contributed by atoms with Crippen LogP contribution in [0.3, 0.4) is 0 Å². The molecule has 19 heavy (non-hydrogen) atoms. The maximum absolute atomic E-state index is 11.7. The number of hydrogen-bond donors (Lipinski definition) is 1. The van der Waals surface area contributed by atoms with Crippen LogP contribution in [0.2, 0.25) is 0 Å². The Balaban J connectivity index is 2.01. The topological polar surface area (TPSA) is 52.7 Å². The van der Waals surface area contributed by atoms with Crippen LogP contribution in [0.15, 0.2) is 30.3 Å². The first-order valence-electron chi connectivity index (χ1n) is 6.49.